The molecule has 0 aromatic heterocycles. The summed E-state index contributed by atoms with van der Waals surface area (Å²) in [7, 11) is 2.94. The van der Waals surface area contributed by atoms with Crippen molar-refractivity contribution in [1.29, 1.82) is 0 Å². The number of methoxy groups -OCH3 is 2. The lowest BCUT2D eigenvalue weighted by atomic mass is 10.1. The topological polar surface area (TPSA) is 44.8 Å². The summed E-state index contributed by atoms with van der Waals surface area (Å²) >= 11 is 12.3. The van der Waals surface area contributed by atoms with Crippen LogP contribution in [0.25, 0.3) is 0 Å². The zero-order valence-electron chi connectivity index (χ0n) is 14.1. The van der Waals surface area contributed by atoms with Gasteiger partial charge >= 0.3 is 0 Å². The van der Waals surface area contributed by atoms with Gasteiger partial charge in [-0.3, -0.25) is 4.79 Å². The zero-order valence-corrected chi connectivity index (χ0v) is 15.6. The van der Waals surface area contributed by atoms with Crippen molar-refractivity contribution in [2.75, 3.05) is 14.2 Å². The second-order valence-electron chi connectivity index (χ2n) is 5.50. The molecule has 2 aromatic rings. The van der Waals surface area contributed by atoms with Gasteiger partial charge in [0.2, 0.25) is 0 Å². The Morgan fingerprint density at radius 3 is 2.44 bits per heavy atom. The summed E-state index contributed by atoms with van der Waals surface area (Å²) in [6.07, 6.45) is 2.43. The number of ether oxygens (including phenoxy) is 3. The zero-order chi connectivity index (χ0) is 18.2. The van der Waals surface area contributed by atoms with Crippen LogP contribution in [0.15, 0.2) is 36.4 Å². The van der Waals surface area contributed by atoms with Gasteiger partial charge in [0, 0.05) is 10.6 Å². The highest BCUT2D eigenvalue weighted by molar-refractivity contribution is 6.31. The summed E-state index contributed by atoms with van der Waals surface area (Å²) in [5.41, 5.74) is 2.08. The van der Waals surface area contributed by atoms with Crippen molar-refractivity contribution in [3.05, 3.63) is 57.6 Å². The van der Waals surface area contributed by atoms with Crippen molar-refractivity contribution in [2.45, 2.75) is 25.4 Å². The average Bonchev–Trinajstić information content (AvgIpc) is 3.45. The number of carbonyl (C=O) groups is 1. The van der Waals surface area contributed by atoms with Crippen LogP contribution in [0, 0.1) is 0 Å². The molecule has 3 rings (SSSR count). The quantitative estimate of drug-likeness (QED) is 0.640. The Bertz CT molecular complexity index is 715. The minimum Gasteiger partial charge on any atom is -0.496 e. The fourth-order valence-electron chi connectivity index (χ4n) is 2.38. The average molecular weight is 383 g/mol. The highest BCUT2D eigenvalue weighted by Gasteiger charge is 2.27. The van der Waals surface area contributed by atoms with E-state index in [1.165, 1.54) is 25.5 Å². The standard InChI is InChI=1S/C17H16Cl2O2.C2H4O2/c1-20-16-4-2-3-15(19)14(16)10-21-17-9-12(18)7-8-13(17)11-5-6-11;1-4-2-3/h2-4,7-9,11H,5-6,10H2,1H3;2H,1H3. The molecule has 1 aliphatic rings. The summed E-state index contributed by atoms with van der Waals surface area (Å²) in [5, 5.41) is 1.32. The van der Waals surface area contributed by atoms with E-state index >= 15 is 0 Å². The Balaban J connectivity index is 0.000000511. The second kappa shape index (κ2) is 9.54. The van der Waals surface area contributed by atoms with Crippen LogP contribution in [0.1, 0.15) is 29.9 Å². The third-order valence-corrected chi connectivity index (χ3v) is 4.35. The number of carbonyl (C=O) groups excluding carboxylic acids is 1. The highest BCUT2D eigenvalue weighted by atomic mass is 35.5. The number of halogens is 2. The van der Waals surface area contributed by atoms with Crippen LogP contribution in [0.2, 0.25) is 10.0 Å². The third-order valence-electron chi connectivity index (χ3n) is 3.76. The van der Waals surface area contributed by atoms with E-state index in [4.69, 9.17) is 37.5 Å². The first kappa shape index (κ1) is 19.4. The Kier molecular flexibility index (Phi) is 7.41. The van der Waals surface area contributed by atoms with E-state index in [1.807, 2.05) is 30.3 Å². The highest BCUT2D eigenvalue weighted by Crippen LogP contribution is 2.45. The molecule has 4 nitrogen and oxygen atoms in total. The van der Waals surface area contributed by atoms with Crippen LogP contribution < -0.4 is 9.47 Å². The van der Waals surface area contributed by atoms with Crippen LogP contribution in [-0.2, 0) is 16.1 Å². The van der Waals surface area contributed by atoms with Gasteiger partial charge in [0.1, 0.15) is 18.1 Å². The van der Waals surface area contributed by atoms with E-state index in [9.17, 15) is 0 Å². The van der Waals surface area contributed by atoms with E-state index in [2.05, 4.69) is 10.8 Å². The molecule has 0 spiro atoms. The molecule has 1 aliphatic carbocycles. The van der Waals surface area contributed by atoms with E-state index in [1.54, 1.807) is 7.11 Å². The summed E-state index contributed by atoms with van der Waals surface area (Å²) in [4.78, 5) is 8.95. The molecule has 0 saturated heterocycles. The molecular formula is C19H20Cl2O4. The molecule has 2 aromatic carbocycles. The van der Waals surface area contributed by atoms with E-state index in [-0.39, 0.29) is 0 Å². The summed E-state index contributed by atoms with van der Waals surface area (Å²) < 4.78 is 15.2. The Morgan fingerprint density at radius 1 is 1.12 bits per heavy atom. The van der Waals surface area contributed by atoms with E-state index in [0.29, 0.717) is 29.0 Å². The fourth-order valence-corrected chi connectivity index (χ4v) is 2.77. The molecule has 0 bridgehead atoms. The first-order chi connectivity index (χ1) is 12.1. The Labute approximate surface area is 157 Å². The lowest BCUT2D eigenvalue weighted by Gasteiger charge is -2.14. The SMILES string of the molecule is COC=O.COc1cccc(Cl)c1COc1cc(Cl)ccc1C1CC1. The first-order valence-electron chi connectivity index (χ1n) is 7.80. The lowest BCUT2D eigenvalue weighted by Crippen LogP contribution is -2.01. The Hall–Kier alpha value is -1.91. The molecule has 0 unspecified atom stereocenters. The maximum absolute atomic E-state index is 8.95. The van der Waals surface area contributed by atoms with Crippen LogP contribution in [-0.4, -0.2) is 20.7 Å². The van der Waals surface area contributed by atoms with Crippen molar-refractivity contribution >= 4 is 29.7 Å². The predicted molar refractivity (Wildman–Crippen MR) is 98.8 cm³/mol. The van der Waals surface area contributed by atoms with Crippen molar-refractivity contribution in [3.63, 3.8) is 0 Å². The summed E-state index contributed by atoms with van der Waals surface area (Å²) in [6, 6.07) is 11.4. The minimum absolute atomic E-state index is 0.364. The normalized spacial score (nSPS) is 12.6. The first-order valence-corrected chi connectivity index (χ1v) is 8.56. The minimum atomic E-state index is 0.364. The van der Waals surface area contributed by atoms with Crippen molar-refractivity contribution in [3.8, 4) is 11.5 Å². The van der Waals surface area contributed by atoms with Crippen molar-refractivity contribution in [2.24, 2.45) is 0 Å². The molecule has 25 heavy (non-hydrogen) atoms. The smallest absolute Gasteiger partial charge is 0.292 e. The van der Waals surface area contributed by atoms with Crippen LogP contribution in [0.5, 0.6) is 11.5 Å². The number of rotatable bonds is 6. The van der Waals surface area contributed by atoms with Gasteiger partial charge in [-0.05, 0) is 48.6 Å². The second-order valence-corrected chi connectivity index (χ2v) is 6.34. The molecule has 0 heterocycles. The molecule has 0 N–H and O–H groups in total. The molecule has 134 valence electrons. The molecule has 0 atom stereocenters. The van der Waals surface area contributed by atoms with Gasteiger partial charge in [-0.25, -0.2) is 0 Å². The van der Waals surface area contributed by atoms with E-state index in [0.717, 1.165) is 17.1 Å². The third kappa shape index (κ3) is 5.55. The molecule has 0 amide bonds. The van der Waals surface area contributed by atoms with Crippen LogP contribution in [0.3, 0.4) is 0 Å². The lowest BCUT2D eigenvalue weighted by molar-refractivity contribution is -0.126. The van der Waals surface area contributed by atoms with Gasteiger partial charge in [0.25, 0.3) is 6.47 Å². The Morgan fingerprint density at radius 2 is 1.84 bits per heavy atom. The number of benzene rings is 2. The van der Waals surface area contributed by atoms with Crippen LogP contribution >= 0.6 is 23.2 Å². The largest absolute Gasteiger partial charge is 0.496 e. The molecule has 0 aliphatic heterocycles. The molecule has 0 radical (unpaired) electrons. The monoisotopic (exact) mass is 382 g/mol. The maximum Gasteiger partial charge on any atom is 0.292 e. The fraction of sp³-hybridized carbons (Fsp3) is 0.316. The van der Waals surface area contributed by atoms with Gasteiger partial charge in [-0.15, -0.1) is 0 Å². The molecular weight excluding hydrogens is 363 g/mol. The molecule has 1 saturated carbocycles. The maximum atomic E-state index is 8.95. The number of hydrogen-bond donors (Lipinski definition) is 0. The van der Waals surface area contributed by atoms with Gasteiger partial charge in [-0.2, -0.15) is 0 Å². The van der Waals surface area contributed by atoms with Crippen molar-refractivity contribution in [1.82, 2.24) is 0 Å². The number of hydrogen-bond acceptors (Lipinski definition) is 4. The summed E-state index contributed by atoms with van der Waals surface area (Å²) in [6.45, 7) is 0.739. The summed E-state index contributed by atoms with van der Waals surface area (Å²) in [5.74, 6) is 2.18. The molecule has 6 heteroatoms. The van der Waals surface area contributed by atoms with Crippen LogP contribution in [0.4, 0.5) is 0 Å². The predicted octanol–water partition coefficient (Wildman–Crippen LogP) is 5.25. The van der Waals surface area contributed by atoms with Gasteiger partial charge in [0.05, 0.1) is 19.2 Å². The van der Waals surface area contributed by atoms with Gasteiger partial charge in [-0.1, -0.05) is 35.3 Å². The molecule has 1 fully saturated rings. The van der Waals surface area contributed by atoms with E-state index < -0.39 is 0 Å². The van der Waals surface area contributed by atoms with Gasteiger partial charge < -0.3 is 14.2 Å². The van der Waals surface area contributed by atoms with Crippen molar-refractivity contribution < 1.29 is 19.0 Å². The van der Waals surface area contributed by atoms with Gasteiger partial charge in [0.15, 0.2) is 0 Å².